The minimum atomic E-state index is -0.0774. The van der Waals surface area contributed by atoms with E-state index in [0.29, 0.717) is 36.9 Å². The lowest BCUT2D eigenvalue weighted by Crippen LogP contribution is -2.28. The van der Waals surface area contributed by atoms with Crippen LogP contribution in [0.25, 0.3) is 11.3 Å². The molecule has 2 aliphatic rings. The normalized spacial score (nSPS) is 18.5. The van der Waals surface area contributed by atoms with Crippen molar-refractivity contribution >= 4 is 17.5 Å². The molecule has 1 saturated carbocycles. The van der Waals surface area contributed by atoms with Crippen LogP contribution in [0.1, 0.15) is 54.9 Å². The maximum absolute atomic E-state index is 12.7. The first-order chi connectivity index (χ1) is 17.6. The zero-order chi connectivity index (χ0) is 24.9. The minimum absolute atomic E-state index is 0.0538. The summed E-state index contributed by atoms with van der Waals surface area (Å²) in [5, 5.41) is 26.2. The van der Waals surface area contributed by atoms with E-state index in [4.69, 9.17) is 5.26 Å². The molecule has 0 bridgehead atoms. The molecule has 1 saturated heterocycles. The molecule has 182 valence electrons. The highest BCUT2D eigenvalue weighted by Gasteiger charge is 2.28. The molecule has 2 fully saturated rings. The van der Waals surface area contributed by atoms with Crippen molar-refractivity contribution in [1.29, 1.82) is 10.5 Å². The van der Waals surface area contributed by atoms with Crippen LogP contribution < -0.4 is 5.32 Å². The summed E-state index contributed by atoms with van der Waals surface area (Å²) in [6.45, 7) is 1.11. The van der Waals surface area contributed by atoms with Crippen LogP contribution in [0.3, 0.4) is 0 Å². The molecular weight excluding hydrogens is 452 g/mol. The van der Waals surface area contributed by atoms with Gasteiger partial charge in [-0.15, -0.1) is 0 Å². The first-order valence-electron chi connectivity index (χ1n) is 12.4. The molecular formula is C27H28N8O. The van der Waals surface area contributed by atoms with Crippen molar-refractivity contribution in [3.63, 3.8) is 0 Å². The van der Waals surface area contributed by atoms with Crippen LogP contribution in [0.5, 0.6) is 0 Å². The largest absolute Gasteiger partial charge is 0.337 e. The lowest BCUT2D eigenvalue weighted by Gasteiger charge is -2.21. The van der Waals surface area contributed by atoms with Crippen molar-refractivity contribution in [3.8, 4) is 23.4 Å². The van der Waals surface area contributed by atoms with Gasteiger partial charge in [-0.3, -0.25) is 9.48 Å². The second-order valence-electron chi connectivity index (χ2n) is 9.52. The molecule has 36 heavy (non-hydrogen) atoms. The fraction of sp³-hybridized carbons (Fsp3) is 0.407. The van der Waals surface area contributed by atoms with E-state index in [-0.39, 0.29) is 17.9 Å². The summed E-state index contributed by atoms with van der Waals surface area (Å²) >= 11 is 0. The average molecular weight is 481 g/mol. The topological polar surface area (TPSA) is 124 Å². The molecule has 3 heterocycles. The van der Waals surface area contributed by atoms with E-state index in [1.807, 2.05) is 29.1 Å². The van der Waals surface area contributed by atoms with Crippen molar-refractivity contribution in [2.75, 3.05) is 18.4 Å². The Bertz CT molecular complexity index is 1300. The zero-order valence-electron chi connectivity index (χ0n) is 20.0. The van der Waals surface area contributed by atoms with Gasteiger partial charge in [0.1, 0.15) is 0 Å². The third-order valence-corrected chi connectivity index (χ3v) is 7.18. The van der Waals surface area contributed by atoms with Gasteiger partial charge in [0.05, 0.1) is 42.4 Å². The predicted octanol–water partition coefficient (Wildman–Crippen LogP) is 4.71. The molecule has 1 aromatic carbocycles. The molecule has 2 aromatic heterocycles. The molecule has 0 radical (unpaired) electrons. The lowest BCUT2D eigenvalue weighted by atomic mass is 9.96. The van der Waals surface area contributed by atoms with Crippen LogP contribution in [-0.4, -0.2) is 43.6 Å². The quantitative estimate of drug-likeness (QED) is 0.519. The highest BCUT2D eigenvalue weighted by Crippen LogP contribution is 2.36. The number of benzene rings is 1. The van der Waals surface area contributed by atoms with Crippen molar-refractivity contribution in [2.24, 2.45) is 11.8 Å². The number of hydrogen-bond donors (Lipinski definition) is 1. The van der Waals surface area contributed by atoms with Gasteiger partial charge in [-0.05, 0) is 55.5 Å². The number of nitrogens with zero attached hydrogens (tertiary/aromatic N) is 7. The van der Waals surface area contributed by atoms with Crippen LogP contribution in [0.2, 0.25) is 0 Å². The monoisotopic (exact) mass is 480 g/mol. The number of nitrogens with one attached hydrogen (secondary N) is 1. The number of rotatable bonds is 7. The number of nitriles is 2. The van der Waals surface area contributed by atoms with E-state index in [1.54, 1.807) is 29.4 Å². The van der Waals surface area contributed by atoms with Gasteiger partial charge in [0, 0.05) is 42.3 Å². The fourth-order valence-electron chi connectivity index (χ4n) is 5.20. The minimum Gasteiger partial charge on any atom is -0.337 e. The Hall–Kier alpha value is -4.24. The van der Waals surface area contributed by atoms with Crippen molar-refractivity contribution in [1.82, 2.24) is 24.6 Å². The van der Waals surface area contributed by atoms with E-state index < -0.39 is 0 Å². The Labute approximate surface area is 210 Å². The van der Waals surface area contributed by atoms with Crippen LogP contribution in [0.15, 0.2) is 48.9 Å². The second-order valence-corrected chi connectivity index (χ2v) is 9.52. The van der Waals surface area contributed by atoms with Gasteiger partial charge in [0.15, 0.2) is 0 Å². The highest BCUT2D eigenvalue weighted by atomic mass is 16.2. The predicted molar refractivity (Wildman–Crippen MR) is 134 cm³/mol. The molecule has 9 heteroatoms. The van der Waals surface area contributed by atoms with Gasteiger partial charge in [-0.2, -0.15) is 15.6 Å². The number of amides is 1. The van der Waals surface area contributed by atoms with Gasteiger partial charge in [0.2, 0.25) is 5.95 Å². The fourth-order valence-corrected chi connectivity index (χ4v) is 5.20. The number of likely N-dealkylation sites (tertiary alicyclic amines) is 1. The Kier molecular flexibility index (Phi) is 6.90. The number of carbonyl (C=O) groups is 1. The zero-order valence-corrected chi connectivity index (χ0v) is 20.0. The van der Waals surface area contributed by atoms with Crippen molar-refractivity contribution in [3.05, 3.63) is 54.5 Å². The molecule has 9 nitrogen and oxygen atoms in total. The molecule has 1 aliphatic carbocycles. The third-order valence-electron chi connectivity index (χ3n) is 7.18. The summed E-state index contributed by atoms with van der Waals surface area (Å²) in [4.78, 5) is 23.4. The molecule has 2 atom stereocenters. The van der Waals surface area contributed by atoms with Crippen LogP contribution in [-0.2, 0) is 0 Å². The average Bonchev–Trinajstić information content (AvgIpc) is 3.69. The number of hydrogen-bond acceptors (Lipinski definition) is 7. The lowest BCUT2D eigenvalue weighted by molar-refractivity contribution is 0.0790. The van der Waals surface area contributed by atoms with Gasteiger partial charge >= 0.3 is 0 Å². The van der Waals surface area contributed by atoms with E-state index >= 15 is 0 Å². The number of aromatic nitrogens is 4. The summed E-state index contributed by atoms with van der Waals surface area (Å²) in [5.41, 5.74) is 2.99. The summed E-state index contributed by atoms with van der Waals surface area (Å²) in [7, 11) is 0. The molecule has 1 N–H and O–H groups in total. The van der Waals surface area contributed by atoms with Gasteiger partial charge < -0.3 is 10.2 Å². The smallest absolute Gasteiger partial charge is 0.253 e. The highest BCUT2D eigenvalue weighted by molar-refractivity contribution is 5.94. The molecule has 1 unspecified atom stereocenters. The summed E-state index contributed by atoms with van der Waals surface area (Å²) < 4.78 is 1.93. The first kappa shape index (κ1) is 23.5. The maximum Gasteiger partial charge on any atom is 0.253 e. The molecule has 0 spiro atoms. The third kappa shape index (κ3) is 5.06. The molecule has 5 rings (SSSR count). The molecule has 1 amide bonds. The van der Waals surface area contributed by atoms with Crippen LogP contribution >= 0.6 is 0 Å². The number of carbonyl (C=O) groups excluding carboxylic acids is 1. The second kappa shape index (κ2) is 10.6. The SMILES string of the molecule is N#CCC(C1CCCC1)n1cc(-c2ccnc(Nc3ccc(C(=O)N4CC[C@H](C#N)C4)cc3)n2)cn1. The van der Waals surface area contributed by atoms with Crippen LogP contribution in [0, 0.1) is 34.5 Å². The maximum atomic E-state index is 12.7. The van der Waals surface area contributed by atoms with Gasteiger partial charge in [-0.25, -0.2) is 9.97 Å². The Morgan fingerprint density at radius 3 is 2.67 bits per heavy atom. The van der Waals surface area contributed by atoms with E-state index in [1.165, 1.54) is 12.8 Å². The molecule has 3 aromatic rings. The van der Waals surface area contributed by atoms with Gasteiger partial charge in [0.25, 0.3) is 5.91 Å². The van der Waals surface area contributed by atoms with Crippen LogP contribution in [0.4, 0.5) is 11.6 Å². The molecule has 1 aliphatic heterocycles. The summed E-state index contributed by atoms with van der Waals surface area (Å²) in [5.74, 6) is 0.807. The summed E-state index contributed by atoms with van der Waals surface area (Å²) in [6, 6.07) is 13.7. The van der Waals surface area contributed by atoms with E-state index in [2.05, 4.69) is 32.5 Å². The standard InChI is InChI=1S/C27H28N8O/c28-12-9-25(20-3-1-2-4-20)35-18-22(16-31-35)24-10-13-30-27(33-24)32-23-7-5-21(6-8-23)26(36)34-14-11-19(15-29)17-34/h5-8,10,13,16,18-20,25H,1-4,9,11,14,17H2,(H,30,32,33)/t19-,25?/m1/s1. The van der Waals surface area contributed by atoms with E-state index in [9.17, 15) is 10.1 Å². The first-order valence-corrected chi connectivity index (χ1v) is 12.4. The van der Waals surface area contributed by atoms with Gasteiger partial charge in [-0.1, -0.05) is 12.8 Å². The Morgan fingerprint density at radius 2 is 1.94 bits per heavy atom. The van der Waals surface area contributed by atoms with Crippen molar-refractivity contribution < 1.29 is 4.79 Å². The Balaban J connectivity index is 1.26. The van der Waals surface area contributed by atoms with E-state index in [0.717, 1.165) is 36.2 Å². The summed E-state index contributed by atoms with van der Waals surface area (Å²) in [6.07, 6.45) is 11.4. The van der Waals surface area contributed by atoms with Crippen molar-refractivity contribution in [2.45, 2.75) is 44.6 Å². The Morgan fingerprint density at radius 1 is 1.14 bits per heavy atom. The number of anilines is 2.